The number of nitrogens with zero attached hydrogens (tertiary/aromatic N) is 3. The summed E-state index contributed by atoms with van der Waals surface area (Å²) in [6.07, 6.45) is 0.763. The summed E-state index contributed by atoms with van der Waals surface area (Å²) in [5.74, 6) is -0.257. The van der Waals surface area contributed by atoms with Crippen LogP contribution in [0.5, 0.6) is 5.75 Å². The van der Waals surface area contributed by atoms with Gasteiger partial charge in [0.05, 0.1) is 6.54 Å². The Morgan fingerprint density at radius 1 is 1.04 bits per heavy atom. The van der Waals surface area contributed by atoms with Gasteiger partial charge in [-0.3, -0.25) is 9.69 Å². The molecule has 2 aromatic rings. The van der Waals surface area contributed by atoms with E-state index in [1.54, 1.807) is 12.3 Å². The van der Waals surface area contributed by atoms with Gasteiger partial charge in [-0.25, -0.2) is 4.79 Å². The van der Waals surface area contributed by atoms with Gasteiger partial charge in [-0.15, -0.1) is 0 Å². The number of pyridine rings is 1. The maximum atomic E-state index is 12.5. The minimum atomic E-state index is -0.917. The van der Waals surface area contributed by atoms with Gasteiger partial charge in [0.2, 0.25) is 0 Å². The van der Waals surface area contributed by atoms with Crippen molar-refractivity contribution in [2.24, 2.45) is 0 Å². The standard InChI is InChI=1S/C18H19Br2N3O4/c19-14-7-12(8-15(20)9-14)10-23-2-1-13(16(24)17(23)25)11-21-3-5-22(6-4-21)18(26)27/h1-2,7-9,24H,3-6,10-11H2,(H,26,27). The summed E-state index contributed by atoms with van der Waals surface area (Å²) >= 11 is 6.85. The predicted octanol–water partition coefficient (Wildman–Crippen LogP) is 2.92. The van der Waals surface area contributed by atoms with Crippen molar-refractivity contribution in [3.63, 3.8) is 0 Å². The van der Waals surface area contributed by atoms with Gasteiger partial charge in [-0.1, -0.05) is 31.9 Å². The topological polar surface area (TPSA) is 86.0 Å². The van der Waals surface area contributed by atoms with Gasteiger partial charge in [0.1, 0.15) is 0 Å². The summed E-state index contributed by atoms with van der Waals surface area (Å²) < 4.78 is 3.28. The van der Waals surface area contributed by atoms with Crippen molar-refractivity contribution >= 4 is 38.0 Å². The lowest BCUT2D eigenvalue weighted by Crippen LogP contribution is -2.47. The third-order valence-corrected chi connectivity index (χ3v) is 5.45. The number of piperazine rings is 1. The van der Waals surface area contributed by atoms with Gasteiger partial charge < -0.3 is 19.7 Å². The Labute approximate surface area is 173 Å². The molecule has 1 aromatic carbocycles. The maximum absolute atomic E-state index is 12.5. The molecule has 9 heteroatoms. The van der Waals surface area contributed by atoms with E-state index in [0.717, 1.165) is 14.5 Å². The first-order chi connectivity index (χ1) is 12.8. The van der Waals surface area contributed by atoms with Crippen molar-refractivity contribution in [2.45, 2.75) is 13.1 Å². The largest absolute Gasteiger partial charge is 0.503 e. The molecule has 0 radical (unpaired) electrons. The normalized spacial score (nSPS) is 15.1. The minimum Gasteiger partial charge on any atom is -0.503 e. The fraction of sp³-hybridized carbons (Fsp3) is 0.333. The Hall–Kier alpha value is -1.84. The number of hydrogen-bond donors (Lipinski definition) is 2. The van der Waals surface area contributed by atoms with Gasteiger partial charge in [0, 0.05) is 53.4 Å². The second kappa shape index (κ2) is 8.45. The summed E-state index contributed by atoms with van der Waals surface area (Å²) in [5.41, 5.74) is 1.04. The monoisotopic (exact) mass is 499 g/mol. The van der Waals surface area contributed by atoms with E-state index in [9.17, 15) is 14.7 Å². The molecule has 0 bridgehead atoms. The summed E-state index contributed by atoms with van der Waals surface area (Å²) in [7, 11) is 0. The van der Waals surface area contributed by atoms with Gasteiger partial charge in [0.25, 0.3) is 5.56 Å². The molecule has 2 heterocycles. The Morgan fingerprint density at radius 2 is 1.67 bits per heavy atom. The summed E-state index contributed by atoms with van der Waals surface area (Å²) in [5, 5.41) is 19.4. The number of hydrogen-bond acceptors (Lipinski definition) is 4. The maximum Gasteiger partial charge on any atom is 0.407 e. The van der Waals surface area contributed by atoms with Crippen molar-refractivity contribution in [1.29, 1.82) is 0 Å². The van der Waals surface area contributed by atoms with E-state index in [0.29, 0.717) is 44.8 Å². The lowest BCUT2D eigenvalue weighted by atomic mass is 10.2. The summed E-state index contributed by atoms with van der Waals surface area (Å²) in [6, 6.07) is 7.50. The SMILES string of the molecule is O=C(O)N1CCN(Cc2ccn(Cc3cc(Br)cc(Br)c3)c(=O)c2O)CC1. The molecule has 1 fully saturated rings. The third-order valence-electron chi connectivity index (χ3n) is 4.54. The average molecular weight is 501 g/mol. The van der Waals surface area contributed by atoms with Gasteiger partial charge in [-0.2, -0.15) is 0 Å². The van der Waals surface area contributed by atoms with Crippen LogP contribution < -0.4 is 5.56 Å². The number of halogens is 2. The zero-order valence-electron chi connectivity index (χ0n) is 14.4. The zero-order chi connectivity index (χ0) is 19.6. The molecule has 0 atom stereocenters. The second-order valence-electron chi connectivity index (χ2n) is 6.45. The number of benzene rings is 1. The molecule has 7 nitrogen and oxygen atoms in total. The Balaban J connectivity index is 1.72. The van der Waals surface area contributed by atoms with Crippen LogP contribution in [-0.4, -0.2) is 56.9 Å². The Bertz CT molecular complexity index is 888. The zero-order valence-corrected chi connectivity index (χ0v) is 17.6. The number of aromatic nitrogens is 1. The van der Waals surface area contributed by atoms with Crippen LogP contribution >= 0.6 is 31.9 Å². The molecule has 27 heavy (non-hydrogen) atoms. The number of carboxylic acid groups (broad SMARTS) is 1. The molecule has 0 aliphatic carbocycles. The molecule has 0 spiro atoms. The number of amides is 1. The molecule has 0 unspecified atom stereocenters. The summed E-state index contributed by atoms with van der Waals surface area (Å²) in [6.45, 7) is 2.75. The van der Waals surface area contributed by atoms with Crippen LogP contribution in [0.4, 0.5) is 4.79 Å². The molecular formula is C18H19Br2N3O4. The molecule has 144 valence electrons. The van der Waals surface area contributed by atoms with Crippen LogP contribution in [0.3, 0.4) is 0 Å². The highest BCUT2D eigenvalue weighted by Gasteiger charge is 2.21. The molecule has 3 rings (SSSR count). The second-order valence-corrected chi connectivity index (χ2v) is 8.28. The van der Waals surface area contributed by atoms with Crippen LogP contribution in [0.15, 0.2) is 44.2 Å². The van der Waals surface area contributed by atoms with Gasteiger partial charge in [-0.05, 0) is 29.8 Å². The number of carbonyl (C=O) groups is 1. The molecule has 1 saturated heterocycles. The van der Waals surface area contributed by atoms with E-state index >= 15 is 0 Å². The highest BCUT2D eigenvalue weighted by Crippen LogP contribution is 2.21. The summed E-state index contributed by atoms with van der Waals surface area (Å²) in [4.78, 5) is 26.9. The van der Waals surface area contributed by atoms with Crippen molar-refractivity contribution in [2.75, 3.05) is 26.2 Å². The van der Waals surface area contributed by atoms with E-state index in [-0.39, 0.29) is 5.75 Å². The lowest BCUT2D eigenvalue weighted by Gasteiger charge is -2.33. The molecule has 1 aliphatic rings. The highest BCUT2D eigenvalue weighted by atomic mass is 79.9. The first-order valence-corrected chi connectivity index (χ1v) is 9.98. The Morgan fingerprint density at radius 3 is 2.26 bits per heavy atom. The number of aromatic hydroxyl groups is 1. The average Bonchev–Trinajstić information content (AvgIpc) is 2.61. The van der Waals surface area contributed by atoms with E-state index in [1.165, 1.54) is 9.47 Å². The molecule has 2 N–H and O–H groups in total. The fourth-order valence-electron chi connectivity index (χ4n) is 3.09. The quantitative estimate of drug-likeness (QED) is 0.674. The van der Waals surface area contributed by atoms with Crippen molar-refractivity contribution in [1.82, 2.24) is 14.4 Å². The van der Waals surface area contributed by atoms with Crippen molar-refractivity contribution in [3.8, 4) is 5.75 Å². The van der Waals surface area contributed by atoms with Crippen LogP contribution in [0.25, 0.3) is 0 Å². The van der Waals surface area contributed by atoms with Crippen LogP contribution in [0, 0.1) is 0 Å². The van der Waals surface area contributed by atoms with Gasteiger partial charge >= 0.3 is 6.09 Å². The van der Waals surface area contributed by atoms with Crippen molar-refractivity contribution in [3.05, 3.63) is 60.9 Å². The smallest absolute Gasteiger partial charge is 0.407 e. The molecule has 1 amide bonds. The minimum absolute atomic E-state index is 0.257. The number of rotatable bonds is 4. The first-order valence-electron chi connectivity index (χ1n) is 8.40. The fourth-order valence-corrected chi connectivity index (χ4v) is 4.48. The van der Waals surface area contributed by atoms with Crippen molar-refractivity contribution < 1.29 is 15.0 Å². The molecular weight excluding hydrogens is 482 g/mol. The first kappa shape index (κ1) is 19.9. The van der Waals surface area contributed by atoms with Gasteiger partial charge in [0.15, 0.2) is 5.75 Å². The van der Waals surface area contributed by atoms with Crippen LogP contribution in [0.1, 0.15) is 11.1 Å². The van der Waals surface area contributed by atoms with Crippen LogP contribution in [0.2, 0.25) is 0 Å². The Kier molecular flexibility index (Phi) is 6.23. The predicted molar refractivity (Wildman–Crippen MR) is 108 cm³/mol. The van der Waals surface area contributed by atoms with E-state index in [4.69, 9.17) is 5.11 Å². The highest BCUT2D eigenvalue weighted by molar-refractivity contribution is 9.11. The molecule has 1 aromatic heterocycles. The third kappa shape index (κ3) is 4.91. The molecule has 0 saturated carbocycles. The lowest BCUT2D eigenvalue weighted by molar-refractivity contribution is 0.102. The molecule has 1 aliphatic heterocycles. The van der Waals surface area contributed by atoms with Crippen LogP contribution in [-0.2, 0) is 13.1 Å². The van der Waals surface area contributed by atoms with E-state index < -0.39 is 11.7 Å². The van der Waals surface area contributed by atoms with E-state index in [1.807, 2.05) is 23.1 Å². The van der Waals surface area contributed by atoms with E-state index in [2.05, 4.69) is 31.9 Å².